The molecule has 98 valence electrons. The number of halogens is 2. The maximum atomic E-state index is 5.69. The highest BCUT2D eigenvalue weighted by Gasteiger charge is 2.25. The average Bonchev–Trinajstić information content (AvgIpc) is 2.25. The Morgan fingerprint density at radius 3 is 2.29 bits per heavy atom. The molecule has 0 fully saturated rings. The Morgan fingerprint density at radius 1 is 1.18 bits per heavy atom. The number of nitrogens with two attached hydrogens (primary N) is 1. The number of fused-ring (bicyclic) bond motifs is 1. The smallest absolute Gasteiger partial charge is 0.142 e. The predicted octanol–water partition coefficient (Wildman–Crippen LogP) is 2.05. The first kappa shape index (κ1) is 16.4. The zero-order valence-electron chi connectivity index (χ0n) is 10.4. The van der Waals surface area contributed by atoms with Gasteiger partial charge in [0.25, 0.3) is 0 Å². The van der Waals surface area contributed by atoms with Crippen molar-refractivity contribution < 1.29 is 0 Å². The summed E-state index contributed by atoms with van der Waals surface area (Å²) in [4.78, 5) is 11.2. The predicted molar refractivity (Wildman–Crippen MR) is 75.3 cm³/mol. The second-order valence-corrected chi connectivity index (χ2v) is 4.59. The van der Waals surface area contributed by atoms with Gasteiger partial charge in [0.2, 0.25) is 0 Å². The van der Waals surface area contributed by atoms with Crippen LogP contribution in [0.1, 0.15) is 37.1 Å². The molecule has 0 aliphatic carbocycles. The minimum atomic E-state index is 0. The zero-order chi connectivity index (χ0) is 11.0. The van der Waals surface area contributed by atoms with Crippen LogP contribution in [-0.2, 0) is 0 Å². The standard InChI is InChI=1S/C11H18N4.2ClH/c1-7-5-15(3)6-8(2)11-10(7)13-4-9(12)14-11;;/h4,7-8H,5-6H2,1-3H3,(H2,12,14);2*1H/t7-,8+;;/m0../s1. The van der Waals surface area contributed by atoms with Crippen molar-refractivity contribution in [1.82, 2.24) is 14.9 Å². The minimum absolute atomic E-state index is 0. The van der Waals surface area contributed by atoms with Crippen LogP contribution in [0.15, 0.2) is 6.20 Å². The Morgan fingerprint density at radius 2 is 1.71 bits per heavy atom. The highest BCUT2D eigenvalue weighted by molar-refractivity contribution is 5.85. The molecule has 17 heavy (non-hydrogen) atoms. The Hall–Kier alpha value is -0.580. The number of nitrogens with zero attached hydrogens (tertiary/aromatic N) is 3. The van der Waals surface area contributed by atoms with E-state index in [9.17, 15) is 0 Å². The molecule has 0 radical (unpaired) electrons. The summed E-state index contributed by atoms with van der Waals surface area (Å²) >= 11 is 0. The second kappa shape index (κ2) is 6.38. The average molecular weight is 279 g/mol. The van der Waals surface area contributed by atoms with Crippen molar-refractivity contribution in [2.24, 2.45) is 0 Å². The number of anilines is 1. The molecule has 0 unspecified atom stereocenters. The molecule has 0 amide bonds. The van der Waals surface area contributed by atoms with Crippen LogP contribution >= 0.6 is 24.8 Å². The summed E-state index contributed by atoms with van der Waals surface area (Å²) < 4.78 is 0. The number of hydrogen-bond acceptors (Lipinski definition) is 4. The van der Waals surface area contributed by atoms with Gasteiger partial charge in [0, 0.05) is 24.9 Å². The van der Waals surface area contributed by atoms with Gasteiger partial charge in [-0.1, -0.05) is 13.8 Å². The first-order valence-electron chi connectivity index (χ1n) is 5.38. The van der Waals surface area contributed by atoms with E-state index >= 15 is 0 Å². The van der Waals surface area contributed by atoms with Gasteiger partial charge in [0.1, 0.15) is 5.82 Å². The molecular weight excluding hydrogens is 259 g/mol. The molecule has 0 spiro atoms. The third-order valence-corrected chi connectivity index (χ3v) is 2.95. The van der Waals surface area contributed by atoms with E-state index in [1.165, 1.54) is 0 Å². The van der Waals surface area contributed by atoms with E-state index in [0.717, 1.165) is 24.5 Å². The Balaban J connectivity index is 0.00000128. The van der Waals surface area contributed by atoms with Gasteiger partial charge in [-0.25, -0.2) is 4.98 Å². The van der Waals surface area contributed by atoms with Gasteiger partial charge in [0.05, 0.1) is 17.6 Å². The molecule has 4 nitrogen and oxygen atoms in total. The van der Waals surface area contributed by atoms with Gasteiger partial charge in [-0.15, -0.1) is 24.8 Å². The number of likely N-dealkylation sites (N-methyl/N-ethyl adjacent to an activating group) is 1. The van der Waals surface area contributed by atoms with Gasteiger partial charge in [-0.3, -0.25) is 4.98 Å². The quantitative estimate of drug-likeness (QED) is 0.789. The van der Waals surface area contributed by atoms with E-state index in [4.69, 9.17) is 5.73 Å². The van der Waals surface area contributed by atoms with E-state index in [2.05, 4.69) is 35.8 Å². The summed E-state index contributed by atoms with van der Waals surface area (Å²) in [5.74, 6) is 1.37. The van der Waals surface area contributed by atoms with Crippen LogP contribution in [0.4, 0.5) is 5.82 Å². The molecule has 6 heteroatoms. The molecular formula is C11H20Cl2N4. The molecule has 2 N–H and O–H groups in total. The summed E-state index contributed by atoms with van der Waals surface area (Å²) in [6.45, 7) is 6.44. The maximum Gasteiger partial charge on any atom is 0.142 e. The van der Waals surface area contributed by atoms with Crippen LogP contribution in [-0.4, -0.2) is 35.0 Å². The third kappa shape index (κ3) is 3.44. The number of hydrogen-bond donors (Lipinski definition) is 1. The monoisotopic (exact) mass is 278 g/mol. The summed E-state index contributed by atoms with van der Waals surface area (Å²) in [7, 11) is 2.14. The van der Waals surface area contributed by atoms with Crippen molar-refractivity contribution in [2.45, 2.75) is 25.7 Å². The lowest BCUT2D eigenvalue weighted by atomic mass is 10.0. The summed E-state index contributed by atoms with van der Waals surface area (Å²) in [6, 6.07) is 0. The molecule has 2 rings (SSSR count). The van der Waals surface area contributed by atoms with Crippen LogP contribution in [0, 0.1) is 0 Å². The molecule has 2 heterocycles. The Bertz CT molecular complexity index is 372. The summed E-state index contributed by atoms with van der Waals surface area (Å²) in [6.07, 6.45) is 1.66. The van der Waals surface area contributed by atoms with E-state index in [1.807, 2.05) is 0 Å². The van der Waals surface area contributed by atoms with E-state index in [-0.39, 0.29) is 24.8 Å². The van der Waals surface area contributed by atoms with E-state index < -0.39 is 0 Å². The maximum absolute atomic E-state index is 5.69. The fourth-order valence-electron chi connectivity index (χ4n) is 2.35. The van der Waals surface area contributed by atoms with Gasteiger partial charge >= 0.3 is 0 Å². The van der Waals surface area contributed by atoms with E-state index in [0.29, 0.717) is 17.7 Å². The van der Waals surface area contributed by atoms with Gasteiger partial charge in [-0.2, -0.15) is 0 Å². The third-order valence-electron chi connectivity index (χ3n) is 2.95. The fraction of sp³-hybridized carbons (Fsp3) is 0.636. The number of nitrogen functional groups attached to an aromatic ring is 1. The first-order valence-corrected chi connectivity index (χ1v) is 5.38. The lowest BCUT2D eigenvalue weighted by molar-refractivity contribution is 0.313. The molecule has 1 aromatic rings. The fourth-order valence-corrected chi connectivity index (χ4v) is 2.35. The molecule has 1 aliphatic rings. The SMILES string of the molecule is C[C@@H]1CN(C)C[C@H](C)c2ncc(N)nc21.Cl.Cl. The highest BCUT2D eigenvalue weighted by atomic mass is 35.5. The number of rotatable bonds is 0. The van der Waals surface area contributed by atoms with Gasteiger partial charge in [-0.05, 0) is 7.05 Å². The molecule has 0 saturated heterocycles. The van der Waals surface area contributed by atoms with Gasteiger partial charge < -0.3 is 10.6 Å². The summed E-state index contributed by atoms with van der Waals surface area (Å²) in [5, 5.41) is 0. The van der Waals surface area contributed by atoms with Crippen molar-refractivity contribution in [2.75, 3.05) is 25.9 Å². The van der Waals surface area contributed by atoms with Crippen LogP contribution in [0.5, 0.6) is 0 Å². The van der Waals surface area contributed by atoms with E-state index in [1.54, 1.807) is 6.20 Å². The van der Waals surface area contributed by atoms with Crippen molar-refractivity contribution in [3.8, 4) is 0 Å². The highest BCUT2D eigenvalue weighted by Crippen LogP contribution is 2.28. The molecule has 0 saturated carbocycles. The van der Waals surface area contributed by atoms with Crippen molar-refractivity contribution >= 4 is 30.6 Å². The van der Waals surface area contributed by atoms with Crippen molar-refractivity contribution in [3.05, 3.63) is 17.6 Å². The normalized spacial score (nSPS) is 23.9. The number of aromatic nitrogens is 2. The lowest BCUT2D eigenvalue weighted by Crippen LogP contribution is -2.24. The summed E-state index contributed by atoms with van der Waals surface area (Å²) in [5.41, 5.74) is 7.88. The van der Waals surface area contributed by atoms with Crippen molar-refractivity contribution in [1.29, 1.82) is 0 Å². The largest absolute Gasteiger partial charge is 0.382 e. The van der Waals surface area contributed by atoms with Crippen LogP contribution < -0.4 is 5.73 Å². The topological polar surface area (TPSA) is 55.0 Å². The molecule has 1 aliphatic heterocycles. The van der Waals surface area contributed by atoms with Crippen LogP contribution in [0.2, 0.25) is 0 Å². The minimum Gasteiger partial charge on any atom is -0.382 e. The second-order valence-electron chi connectivity index (χ2n) is 4.59. The molecule has 0 aromatic carbocycles. The zero-order valence-corrected chi connectivity index (χ0v) is 12.0. The molecule has 0 bridgehead atoms. The van der Waals surface area contributed by atoms with Gasteiger partial charge in [0.15, 0.2) is 0 Å². The Labute approximate surface area is 115 Å². The molecule has 2 atom stereocenters. The Kier molecular flexibility index (Phi) is 6.16. The van der Waals surface area contributed by atoms with Crippen LogP contribution in [0.25, 0.3) is 0 Å². The van der Waals surface area contributed by atoms with Crippen molar-refractivity contribution in [3.63, 3.8) is 0 Å². The molecule has 1 aromatic heterocycles. The van der Waals surface area contributed by atoms with Crippen LogP contribution in [0.3, 0.4) is 0 Å². The first-order chi connectivity index (χ1) is 7.08. The lowest BCUT2D eigenvalue weighted by Gasteiger charge is -2.17.